The van der Waals surface area contributed by atoms with E-state index in [-0.39, 0.29) is 13.2 Å². The van der Waals surface area contributed by atoms with Gasteiger partial charge in [-0.1, -0.05) is 6.08 Å². The number of carbonyl (C=O) groups is 4. The summed E-state index contributed by atoms with van der Waals surface area (Å²) in [4.78, 5) is 45.9. The van der Waals surface area contributed by atoms with Gasteiger partial charge in [-0.05, 0) is 12.8 Å². The number of rotatable bonds is 11. The number of esters is 4. The van der Waals surface area contributed by atoms with Crippen LogP contribution in [0.1, 0.15) is 40.5 Å². The minimum absolute atomic E-state index is 0.260. The molecule has 0 amide bonds. The third kappa shape index (κ3) is 8.61. The van der Waals surface area contributed by atoms with E-state index in [0.29, 0.717) is 12.8 Å². The molecule has 1 rings (SSSR count). The van der Waals surface area contributed by atoms with Crippen molar-refractivity contribution in [3.8, 4) is 0 Å². The molecule has 1 aliphatic heterocycles. The van der Waals surface area contributed by atoms with Gasteiger partial charge in [-0.25, -0.2) is 0 Å². The lowest BCUT2D eigenvalue weighted by Gasteiger charge is -2.27. The molecular formula is C19H28O10. The standard InChI is InChI=1S/C19H28O10/c1-6-7-8-9-24-19-18(28-14(5)23)17(27-13(4)22)16(29-19)15(26-12(3)21)10-25-11(2)20/h6,15-19H,1,7-10H2,2-5H3/t15-,16-,17-,18+,19+/m0/s1. The van der Waals surface area contributed by atoms with E-state index >= 15 is 0 Å². The molecule has 0 saturated carbocycles. The monoisotopic (exact) mass is 416 g/mol. The summed E-state index contributed by atoms with van der Waals surface area (Å²) >= 11 is 0. The van der Waals surface area contributed by atoms with Crippen molar-refractivity contribution in [3.63, 3.8) is 0 Å². The Hall–Kier alpha value is -2.46. The van der Waals surface area contributed by atoms with Crippen molar-refractivity contribution in [1.29, 1.82) is 0 Å². The van der Waals surface area contributed by atoms with Crippen LogP contribution in [0, 0.1) is 0 Å². The van der Waals surface area contributed by atoms with Crippen LogP contribution in [0.4, 0.5) is 0 Å². The lowest BCUT2D eigenvalue weighted by molar-refractivity contribution is -0.199. The molecule has 0 aromatic heterocycles. The van der Waals surface area contributed by atoms with Crippen LogP contribution < -0.4 is 0 Å². The SMILES string of the molecule is C=CCCCO[C@@H]1O[C@@H]([C@H](COC(C)=O)OC(C)=O)[C@H](OC(C)=O)[C@H]1OC(C)=O. The highest BCUT2D eigenvalue weighted by Crippen LogP contribution is 2.31. The van der Waals surface area contributed by atoms with E-state index in [4.69, 9.17) is 28.4 Å². The number of allylic oxidation sites excluding steroid dienone is 1. The average Bonchev–Trinajstić information content (AvgIpc) is 2.91. The van der Waals surface area contributed by atoms with E-state index in [1.807, 2.05) is 0 Å². The second kappa shape index (κ2) is 12.2. The number of carbonyl (C=O) groups excluding carboxylic acids is 4. The Morgan fingerprint density at radius 2 is 1.59 bits per heavy atom. The van der Waals surface area contributed by atoms with Crippen LogP contribution in [0.25, 0.3) is 0 Å². The van der Waals surface area contributed by atoms with Crippen molar-refractivity contribution >= 4 is 23.9 Å². The Balaban J connectivity index is 3.11. The van der Waals surface area contributed by atoms with Crippen molar-refractivity contribution in [1.82, 2.24) is 0 Å². The highest BCUT2D eigenvalue weighted by molar-refractivity contribution is 5.68. The second-order valence-corrected chi connectivity index (χ2v) is 6.37. The van der Waals surface area contributed by atoms with Crippen LogP contribution in [-0.2, 0) is 47.6 Å². The van der Waals surface area contributed by atoms with Gasteiger partial charge in [0.2, 0.25) is 0 Å². The van der Waals surface area contributed by atoms with Gasteiger partial charge in [0.25, 0.3) is 0 Å². The highest BCUT2D eigenvalue weighted by Gasteiger charge is 2.54. The lowest BCUT2D eigenvalue weighted by atomic mass is 10.1. The summed E-state index contributed by atoms with van der Waals surface area (Å²) in [6.07, 6.45) is -2.45. The summed E-state index contributed by atoms with van der Waals surface area (Å²) in [5.41, 5.74) is 0. The summed E-state index contributed by atoms with van der Waals surface area (Å²) in [6, 6.07) is 0. The smallest absolute Gasteiger partial charge is 0.303 e. The molecular weight excluding hydrogens is 388 g/mol. The molecule has 0 aromatic carbocycles. The van der Waals surface area contributed by atoms with Crippen LogP contribution in [0.3, 0.4) is 0 Å². The second-order valence-electron chi connectivity index (χ2n) is 6.37. The fourth-order valence-corrected chi connectivity index (χ4v) is 2.76. The molecule has 10 heteroatoms. The molecule has 164 valence electrons. The summed E-state index contributed by atoms with van der Waals surface area (Å²) < 4.78 is 32.2. The first-order valence-corrected chi connectivity index (χ1v) is 9.18. The quantitative estimate of drug-likeness (QED) is 0.209. The number of unbranched alkanes of at least 4 members (excludes halogenated alkanes) is 1. The fourth-order valence-electron chi connectivity index (χ4n) is 2.76. The van der Waals surface area contributed by atoms with Gasteiger partial charge in [0.05, 0.1) is 6.61 Å². The molecule has 0 aromatic rings. The van der Waals surface area contributed by atoms with Crippen LogP contribution in [-0.4, -0.2) is 67.8 Å². The van der Waals surface area contributed by atoms with Gasteiger partial charge in [0.1, 0.15) is 12.7 Å². The molecule has 10 nitrogen and oxygen atoms in total. The van der Waals surface area contributed by atoms with E-state index in [2.05, 4.69) is 6.58 Å². The lowest BCUT2D eigenvalue weighted by Crippen LogP contribution is -2.46. The molecule has 1 fully saturated rings. The van der Waals surface area contributed by atoms with Gasteiger partial charge in [-0.2, -0.15) is 0 Å². The number of hydrogen-bond donors (Lipinski definition) is 0. The third-order valence-electron chi connectivity index (χ3n) is 3.78. The molecule has 1 heterocycles. The summed E-state index contributed by atoms with van der Waals surface area (Å²) in [7, 11) is 0. The minimum atomic E-state index is -1.14. The topological polar surface area (TPSA) is 124 Å². The molecule has 5 atom stereocenters. The average molecular weight is 416 g/mol. The maximum atomic E-state index is 11.6. The predicted molar refractivity (Wildman–Crippen MR) is 97.3 cm³/mol. The molecule has 0 bridgehead atoms. The van der Waals surface area contributed by atoms with Gasteiger partial charge >= 0.3 is 23.9 Å². The molecule has 1 aliphatic rings. The first kappa shape index (κ1) is 24.6. The zero-order chi connectivity index (χ0) is 22.0. The third-order valence-corrected chi connectivity index (χ3v) is 3.78. The Morgan fingerprint density at radius 3 is 2.10 bits per heavy atom. The zero-order valence-electron chi connectivity index (χ0n) is 17.1. The van der Waals surface area contributed by atoms with E-state index in [0.717, 1.165) is 0 Å². The molecule has 1 saturated heterocycles. The van der Waals surface area contributed by atoms with Crippen molar-refractivity contribution < 1.29 is 47.6 Å². The Labute approximate surface area is 169 Å². The Bertz CT molecular complexity index is 602. The highest BCUT2D eigenvalue weighted by atomic mass is 16.7. The van der Waals surface area contributed by atoms with E-state index < -0.39 is 54.6 Å². The first-order chi connectivity index (χ1) is 13.6. The largest absolute Gasteiger partial charge is 0.462 e. The predicted octanol–water partition coefficient (Wildman–Crippen LogP) is 1.05. The van der Waals surface area contributed by atoms with Gasteiger partial charge in [0.15, 0.2) is 24.6 Å². The summed E-state index contributed by atoms with van der Waals surface area (Å²) in [5, 5.41) is 0. The molecule has 0 radical (unpaired) electrons. The van der Waals surface area contributed by atoms with Crippen molar-refractivity contribution in [3.05, 3.63) is 12.7 Å². The van der Waals surface area contributed by atoms with E-state index in [9.17, 15) is 19.2 Å². The Morgan fingerprint density at radius 1 is 0.966 bits per heavy atom. The molecule has 0 unspecified atom stereocenters. The maximum Gasteiger partial charge on any atom is 0.303 e. The molecule has 0 aliphatic carbocycles. The summed E-state index contributed by atoms with van der Waals surface area (Å²) in [5.74, 6) is -2.56. The van der Waals surface area contributed by atoms with Gasteiger partial charge in [-0.3, -0.25) is 19.2 Å². The maximum absolute atomic E-state index is 11.6. The van der Waals surface area contributed by atoms with E-state index in [1.54, 1.807) is 6.08 Å². The van der Waals surface area contributed by atoms with Crippen molar-refractivity contribution in [2.45, 2.75) is 71.2 Å². The number of ether oxygens (including phenoxy) is 6. The van der Waals surface area contributed by atoms with Gasteiger partial charge < -0.3 is 28.4 Å². The molecule has 29 heavy (non-hydrogen) atoms. The van der Waals surface area contributed by atoms with Crippen LogP contribution in [0.5, 0.6) is 0 Å². The number of hydrogen-bond acceptors (Lipinski definition) is 10. The zero-order valence-corrected chi connectivity index (χ0v) is 17.1. The Kier molecular flexibility index (Phi) is 10.3. The first-order valence-electron chi connectivity index (χ1n) is 9.18. The normalized spacial score (nSPS) is 24.3. The van der Waals surface area contributed by atoms with Crippen LogP contribution in [0.15, 0.2) is 12.7 Å². The minimum Gasteiger partial charge on any atom is -0.462 e. The van der Waals surface area contributed by atoms with Gasteiger partial charge in [0, 0.05) is 27.7 Å². The van der Waals surface area contributed by atoms with Crippen molar-refractivity contribution in [2.75, 3.05) is 13.2 Å². The molecule has 0 N–H and O–H groups in total. The van der Waals surface area contributed by atoms with Crippen molar-refractivity contribution in [2.24, 2.45) is 0 Å². The fraction of sp³-hybridized carbons (Fsp3) is 0.684. The van der Waals surface area contributed by atoms with Crippen LogP contribution in [0.2, 0.25) is 0 Å². The van der Waals surface area contributed by atoms with E-state index in [1.165, 1.54) is 27.7 Å². The molecule has 0 spiro atoms. The van der Waals surface area contributed by atoms with Gasteiger partial charge in [-0.15, -0.1) is 6.58 Å². The summed E-state index contributed by atoms with van der Waals surface area (Å²) in [6.45, 7) is 8.27. The van der Waals surface area contributed by atoms with Crippen LogP contribution >= 0.6 is 0 Å².